The smallest absolute Gasteiger partial charge is 0.259 e. The van der Waals surface area contributed by atoms with Crippen LogP contribution in [0.5, 0.6) is 5.75 Å². The van der Waals surface area contributed by atoms with Gasteiger partial charge >= 0.3 is 0 Å². The Kier molecular flexibility index (Phi) is 3.76. The maximum Gasteiger partial charge on any atom is 0.259 e. The summed E-state index contributed by atoms with van der Waals surface area (Å²) in [6.45, 7) is 3.93. The minimum atomic E-state index is -0.240. The maximum atomic E-state index is 12.0. The van der Waals surface area contributed by atoms with Crippen LogP contribution in [0.15, 0.2) is 49.3 Å². The molecule has 0 unspecified atom stereocenters. The Morgan fingerprint density at radius 3 is 3.06 bits per heavy atom. The fraction of sp³-hybridized carbons (Fsp3) is 0.0769. The molecule has 92 valence electrons. The van der Waals surface area contributed by atoms with E-state index >= 15 is 0 Å². The third-order valence-corrected chi connectivity index (χ3v) is 2.24. The summed E-state index contributed by atoms with van der Waals surface area (Å²) in [7, 11) is 0. The largest absolute Gasteiger partial charge is 0.489 e. The Morgan fingerprint density at radius 1 is 1.50 bits per heavy atom. The summed E-state index contributed by atoms with van der Waals surface area (Å²) in [5.74, 6) is 0.287. The van der Waals surface area contributed by atoms with Crippen LogP contribution in [-0.2, 0) is 0 Å². The molecule has 0 bridgehead atoms. The van der Waals surface area contributed by atoms with Crippen molar-refractivity contribution < 1.29 is 9.53 Å². The van der Waals surface area contributed by atoms with E-state index in [0.29, 0.717) is 23.6 Å². The number of amides is 1. The van der Waals surface area contributed by atoms with Crippen LogP contribution in [0.3, 0.4) is 0 Å². The van der Waals surface area contributed by atoms with Crippen LogP contribution in [0.25, 0.3) is 0 Å². The SMILES string of the molecule is C=CCOc1ccccc1C(=O)Nc1cn[nH]c1. The Hall–Kier alpha value is -2.56. The molecular weight excluding hydrogens is 230 g/mol. The van der Waals surface area contributed by atoms with Gasteiger partial charge in [0.15, 0.2) is 0 Å². The van der Waals surface area contributed by atoms with E-state index in [1.807, 2.05) is 6.07 Å². The molecule has 0 saturated carbocycles. The van der Waals surface area contributed by atoms with Gasteiger partial charge in [0.2, 0.25) is 0 Å². The van der Waals surface area contributed by atoms with Gasteiger partial charge < -0.3 is 10.1 Å². The molecule has 18 heavy (non-hydrogen) atoms. The first-order valence-corrected chi connectivity index (χ1v) is 5.44. The molecule has 2 aromatic rings. The zero-order valence-corrected chi connectivity index (χ0v) is 9.72. The van der Waals surface area contributed by atoms with E-state index in [9.17, 15) is 4.79 Å². The number of ether oxygens (including phenoxy) is 1. The van der Waals surface area contributed by atoms with Crippen LogP contribution in [0.4, 0.5) is 5.69 Å². The lowest BCUT2D eigenvalue weighted by atomic mass is 10.2. The molecule has 5 heteroatoms. The number of benzene rings is 1. The third-order valence-electron chi connectivity index (χ3n) is 2.24. The second kappa shape index (κ2) is 5.67. The third kappa shape index (κ3) is 2.76. The van der Waals surface area contributed by atoms with Crippen molar-refractivity contribution in [3.05, 3.63) is 54.9 Å². The van der Waals surface area contributed by atoms with Gasteiger partial charge in [0, 0.05) is 6.20 Å². The first-order chi connectivity index (χ1) is 8.81. The molecule has 0 fully saturated rings. The second-order valence-corrected chi connectivity index (χ2v) is 3.54. The number of hydrogen-bond donors (Lipinski definition) is 2. The average Bonchev–Trinajstić information content (AvgIpc) is 2.89. The van der Waals surface area contributed by atoms with Gasteiger partial charge in [-0.1, -0.05) is 24.8 Å². The number of para-hydroxylation sites is 1. The highest BCUT2D eigenvalue weighted by molar-refractivity contribution is 6.06. The van der Waals surface area contributed by atoms with Gasteiger partial charge in [-0.15, -0.1) is 0 Å². The van der Waals surface area contributed by atoms with Crippen LogP contribution >= 0.6 is 0 Å². The molecule has 2 N–H and O–H groups in total. The average molecular weight is 243 g/mol. The minimum Gasteiger partial charge on any atom is -0.489 e. The quantitative estimate of drug-likeness (QED) is 0.791. The molecule has 0 aliphatic heterocycles. The van der Waals surface area contributed by atoms with Gasteiger partial charge in [-0.2, -0.15) is 5.10 Å². The molecule has 0 spiro atoms. The van der Waals surface area contributed by atoms with E-state index in [2.05, 4.69) is 22.1 Å². The van der Waals surface area contributed by atoms with Crippen molar-refractivity contribution in [2.24, 2.45) is 0 Å². The van der Waals surface area contributed by atoms with Gasteiger partial charge in [0.1, 0.15) is 12.4 Å². The van der Waals surface area contributed by atoms with E-state index in [1.54, 1.807) is 30.5 Å². The minimum absolute atomic E-state index is 0.240. The van der Waals surface area contributed by atoms with Gasteiger partial charge in [-0.05, 0) is 12.1 Å². The van der Waals surface area contributed by atoms with Crippen LogP contribution in [-0.4, -0.2) is 22.7 Å². The van der Waals surface area contributed by atoms with Crippen molar-refractivity contribution in [2.75, 3.05) is 11.9 Å². The molecule has 2 rings (SSSR count). The highest BCUT2D eigenvalue weighted by atomic mass is 16.5. The van der Waals surface area contributed by atoms with E-state index < -0.39 is 0 Å². The number of carbonyl (C=O) groups excluding carboxylic acids is 1. The summed E-state index contributed by atoms with van der Waals surface area (Å²) in [5, 5.41) is 9.10. The van der Waals surface area contributed by atoms with Gasteiger partial charge in [-0.25, -0.2) is 0 Å². The zero-order valence-electron chi connectivity index (χ0n) is 9.72. The summed E-state index contributed by atoms with van der Waals surface area (Å²) in [4.78, 5) is 12.0. The molecule has 0 radical (unpaired) electrons. The fourth-order valence-electron chi connectivity index (χ4n) is 1.45. The number of rotatable bonds is 5. The summed E-state index contributed by atoms with van der Waals surface area (Å²) >= 11 is 0. The van der Waals surface area contributed by atoms with Crippen molar-refractivity contribution >= 4 is 11.6 Å². The number of carbonyl (C=O) groups is 1. The zero-order chi connectivity index (χ0) is 12.8. The first-order valence-electron chi connectivity index (χ1n) is 5.44. The van der Waals surface area contributed by atoms with Crippen molar-refractivity contribution in [1.29, 1.82) is 0 Å². The number of nitrogens with one attached hydrogen (secondary N) is 2. The second-order valence-electron chi connectivity index (χ2n) is 3.54. The predicted molar refractivity (Wildman–Crippen MR) is 68.7 cm³/mol. The molecule has 0 saturated heterocycles. The maximum absolute atomic E-state index is 12.0. The van der Waals surface area contributed by atoms with Crippen LogP contribution < -0.4 is 10.1 Å². The summed E-state index contributed by atoms with van der Waals surface area (Å²) in [6, 6.07) is 7.04. The summed E-state index contributed by atoms with van der Waals surface area (Å²) in [6.07, 6.45) is 4.76. The van der Waals surface area contributed by atoms with E-state index in [1.165, 1.54) is 6.20 Å². The predicted octanol–water partition coefficient (Wildman–Crippen LogP) is 2.23. The Balaban J connectivity index is 2.16. The van der Waals surface area contributed by atoms with E-state index in [-0.39, 0.29) is 5.91 Å². The van der Waals surface area contributed by atoms with Crippen molar-refractivity contribution in [2.45, 2.75) is 0 Å². The number of aromatic amines is 1. The Labute approximate surface area is 104 Å². The molecule has 0 aliphatic rings. The number of nitrogens with zero attached hydrogens (tertiary/aromatic N) is 1. The lowest BCUT2D eigenvalue weighted by Gasteiger charge is -2.09. The molecular formula is C13H13N3O2. The normalized spacial score (nSPS) is 9.78. The van der Waals surface area contributed by atoms with Crippen molar-refractivity contribution in [1.82, 2.24) is 10.2 Å². The number of H-pyrrole nitrogens is 1. The van der Waals surface area contributed by atoms with Gasteiger partial charge in [0.05, 0.1) is 17.4 Å². The lowest BCUT2D eigenvalue weighted by molar-refractivity contribution is 0.102. The monoisotopic (exact) mass is 243 g/mol. The lowest BCUT2D eigenvalue weighted by Crippen LogP contribution is -2.13. The number of anilines is 1. The number of aromatic nitrogens is 2. The topological polar surface area (TPSA) is 67.0 Å². The fourth-order valence-corrected chi connectivity index (χ4v) is 1.45. The standard InChI is InChI=1S/C13H13N3O2/c1-2-7-18-12-6-4-3-5-11(12)13(17)16-10-8-14-15-9-10/h2-6,8-9H,1,7H2,(H,14,15)(H,16,17). The number of hydrogen-bond acceptors (Lipinski definition) is 3. The highest BCUT2D eigenvalue weighted by Crippen LogP contribution is 2.19. The molecule has 1 heterocycles. The molecule has 0 atom stereocenters. The molecule has 1 amide bonds. The molecule has 1 aromatic carbocycles. The highest BCUT2D eigenvalue weighted by Gasteiger charge is 2.12. The van der Waals surface area contributed by atoms with Crippen molar-refractivity contribution in [3.8, 4) is 5.75 Å². The van der Waals surface area contributed by atoms with Crippen LogP contribution in [0, 0.1) is 0 Å². The van der Waals surface area contributed by atoms with Gasteiger partial charge in [-0.3, -0.25) is 9.89 Å². The van der Waals surface area contributed by atoms with Crippen LogP contribution in [0.2, 0.25) is 0 Å². The molecule has 5 nitrogen and oxygen atoms in total. The van der Waals surface area contributed by atoms with Gasteiger partial charge in [0.25, 0.3) is 5.91 Å². The van der Waals surface area contributed by atoms with Crippen molar-refractivity contribution in [3.63, 3.8) is 0 Å². The van der Waals surface area contributed by atoms with Crippen LogP contribution in [0.1, 0.15) is 10.4 Å². The Bertz CT molecular complexity index is 535. The Morgan fingerprint density at radius 2 is 2.33 bits per heavy atom. The summed E-state index contributed by atoms with van der Waals surface area (Å²) in [5.41, 5.74) is 1.08. The first kappa shape index (κ1) is 11.9. The summed E-state index contributed by atoms with van der Waals surface area (Å²) < 4.78 is 5.42. The van der Waals surface area contributed by atoms with E-state index in [0.717, 1.165) is 0 Å². The molecule has 0 aliphatic carbocycles. The molecule has 1 aromatic heterocycles. The van der Waals surface area contributed by atoms with E-state index in [4.69, 9.17) is 4.74 Å².